The Bertz CT molecular complexity index is 1700. The number of rotatable bonds is 11. The Kier molecular flexibility index (Phi) is 9.33. The van der Waals surface area contributed by atoms with Crippen LogP contribution in [-0.2, 0) is 19.6 Å². The molecule has 0 bridgehead atoms. The lowest BCUT2D eigenvalue weighted by Crippen LogP contribution is -2.35. The van der Waals surface area contributed by atoms with Crippen LogP contribution in [0.15, 0.2) is 26.9 Å². The molecule has 0 saturated heterocycles. The van der Waals surface area contributed by atoms with Crippen molar-refractivity contribution in [3.05, 3.63) is 51.8 Å². The van der Waals surface area contributed by atoms with Crippen molar-refractivity contribution in [2.45, 2.75) is 39.0 Å². The van der Waals surface area contributed by atoms with E-state index in [1.54, 1.807) is 24.3 Å². The normalized spacial score (nSPS) is 14.0. The highest BCUT2D eigenvalue weighted by molar-refractivity contribution is 7.92. The summed E-state index contributed by atoms with van der Waals surface area (Å²) in [6, 6.07) is 4.92. The van der Waals surface area contributed by atoms with Crippen LogP contribution in [-0.4, -0.2) is 78.6 Å². The summed E-state index contributed by atoms with van der Waals surface area (Å²) < 4.78 is 28.6. The second kappa shape index (κ2) is 12.8. The van der Waals surface area contributed by atoms with Crippen molar-refractivity contribution in [1.29, 1.82) is 0 Å². The number of H-pyrrole nitrogens is 1. The maximum atomic E-state index is 13.0. The van der Waals surface area contributed by atoms with Crippen LogP contribution in [0.25, 0.3) is 11.6 Å². The van der Waals surface area contributed by atoms with Gasteiger partial charge < -0.3 is 25.8 Å². The summed E-state index contributed by atoms with van der Waals surface area (Å²) in [7, 11) is -4.17. The second-order valence-corrected chi connectivity index (χ2v) is 12.3. The Balaban J connectivity index is 1.56. The third-order valence-corrected chi connectivity index (χ3v) is 9.10. The van der Waals surface area contributed by atoms with Gasteiger partial charge in [-0.25, -0.2) is 0 Å². The summed E-state index contributed by atoms with van der Waals surface area (Å²) in [6.07, 6.45) is 2.83. The third-order valence-electron chi connectivity index (χ3n) is 6.68. The van der Waals surface area contributed by atoms with Crippen LogP contribution in [0.2, 0.25) is 0 Å². The molecule has 42 heavy (non-hydrogen) atoms. The molecule has 2 aromatic heterocycles. The van der Waals surface area contributed by atoms with Crippen LogP contribution >= 0.6 is 11.3 Å². The van der Waals surface area contributed by atoms with E-state index in [2.05, 4.69) is 54.3 Å². The van der Waals surface area contributed by atoms with E-state index in [-0.39, 0.29) is 21.3 Å². The number of amides is 3. The van der Waals surface area contributed by atoms with Gasteiger partial charge in [0.05, 0.1) is 11.1 Å². The van der Waals surface area contributed by atoms with E-state index >= 15 is 0 Å². The molecule has 0 radical (unpaired) electrons. The predicted octanol–water partition coefficient (Wildman–Crippen LogP) is 2.81. The number of nitrogens with zero attached hydrogens (tertiary/aromatic N) is 4. The Morgan fingerprint density at radius 2 is 1.90 bits per heavy atom. The number of carbonyl (C=O) groups excluding carboxylic acids is 3. The molecule has 0 unspecified atom stereocenters. The molecule has 4 N–H and O–H groups in total. The Labute approximate surface area is 247 Å². The SMILES string of the molecule is CCN(CC)CCNC(=O)c1c(C)[nH]c(/C=C2\C(=O)Nc3ccc(/C=N/S(=O)(=O)c4nnc(NC(C)=O)s4)cc32)c1C. The molecule has 0 saturated carbocycles. The third kappa shape index (κ3) is 6.80. The van der Waals surface area contributed by atoms with Crippen LogP contribution in [0, 0.1) is 13.8 Å². The van der Waals surface area contributed by atoms with Gasteiger partial charge in [0.1, 0.15) is 0 Å². The minimum Gasteiger partial charge on any atom is -0.358 e. The lowest BCUT2D eigenvalue weighted by molar-refractivity contribution is -0.114. The molecule has 1 aromatic carbocycles. The number of benzene rings is 1. The van der Waals surface area contributed by atoms with E-state index in [9.17, 15) is 22.8 Å². The fourth-order valence-corrected chi connectivity index (χ4v) is 6.28. The van der Waals surface area contributed by atoms with E-state index in [1.807, 2.05) is 13.8 Å². The molecule has 0 spiro atoms. The summed E-state index contributed by atoms with van der Waals surface area (Å²) in [5, 5.41) is 15.4. The highest BCUT2D eigenvalue weighted by Crippen LogP contribution is 2.34. The van der Waals surface area contributed by atoms with Gasteiger partial charge in [-0.3, -0.25) is 14.4 Å². The van der Waals surface area contributed by atoms with Crippen molar-refractivity contribution >= 4 is 67.8 Å². The largest absolute Gasteiger partial charge is 0.358 e. The highest BCUT2D eigenvalue weighted by Gasteiger charge is 2.26. The molecule has 222 valence electrons. The topological polar surface area (TPSA) is 179 Å². The molecule has 0 fully saturated rings. The summed E-state index contributed by atoms with van der Waals surface area (Å²) in [6.45, 7) is 12.1. The van der Waals surface area contributed by atoms with Gasteiger partial charge >= 0.3 is 10.0 Å². The Morgan fingerprint density at radius 3 is 2.60 bits per heavy atom. The zero-order chi connectivity index (χ0) is 30.6. The molecular weight excluding hydrogens is 580 g/mol. The molecule has 3 amide bonds. The average Bonchev–Trinajstić information content (AvgIpc) is 3.61. The van der Waals surface area contributed by atoms with Crippen LogP contribution in [0.4, 0.5) is 10.8 Å². The molecule has 3 heterocycles. The number of anilines is 2. The molecule has 13 nitrogen and oxygen atoms in total. The highest BCUT2D eigenvalue weighted by atomic mass is 32.2. The fourth-order valence-electron chi connectivity index (χ4n) is 4.48. The number of carbonyl (C=O) groups is 3. The van der Waals surface area contributed by atoms with Crippen LogP contribution in [0.1, 0.15) is 59.2 Å². The average molecular weight is 613 g/mol. The minimum atomic E-state index is -4.17. The van der Waals surface area contributed by atoms with E-state index < -0.39 is 15.9 Å². The van der Waals surface area contributed by atoms with Crippen LogP contribution in [0.5, 0.6) is 0 Å². The Morgan fingerprint density at radius 1 is 1.17 bits per heavy atom. The number of aromatic amines is 1. The molecule has 1 aliphatic heterocycles. The van der Waals surface area contributed by atoms with E-state index in [0.29, 0.717) is 62.8 Å². The fraction of sp³-hybridized carbons (Fsp3) is 0.333. The summed E-state index contributed by atoms with van der Waals surface area (Å²) in [5.41, 5.74) is 4.44. The number of likely N-dealkylation sites (N-methyl/N-ethyl adjacent to an activating group) is 1. The second-order valence-electron chi connectivity index (χ2n) is 9.53. The van der Waals surface area contributed by atoms with Crippen LogP contribution < -0.4 is 16.0 Å². The summed E-state index contributed by atoms with van der Waals surface area (Å²) in [4.78, 5) is 42.5. The first-order valence-corrected chi connectivity index (χ1v) is 15.5. The lowest BCUT2D eigenvalue weighted by Gasteiger charge is -2.18. The number of sulfonamides is 1. The summed E-state index contributed by atoms with van der Waals surface area (Å²) in [5.74, 6) is -0.921. The summed E-state index contributed by atoms with van der Waals surface area (Å²) >= 11 is 0.685. The number of fused-ring (bicyclic) bond motifs is 1. The molecule has 0 atom stereocenters. The molecular formula is C27H32N8O5S2. The van der Waals surface area contributed by atoms with Crippen molar-refractivity contribution in [2.75, 3.05) is 36.8 Å². The van der Waals surface area contributed by atoms with Gasteiger partial charge in [-0.2, -0.15) is 12.8 Å². The first-order chi connectivity index (χ1) is 19.9. The monoisotopic (exact) mass is 612 g/mol. The van der Waals surface area contributed by atoms with Crippen molar-refractivity contribution in [2.24, 2.45) is 4.40 Å². The number of aromatic nitrogens is 3. The molecule has 15 heteroatoms. The maximum absolute atomic E-state index is 13.0. The van der Waals surface area contributed by atoms with E-state index in [1.165, 1.54) is 6.92 Å². The minimum absolute atomic E-state index is 0.0447. The molecule has 3 aromatic rings. The Hall–Kier alpha value is -4.21. The van der Waals surface area contributed by atoms with Crippen LogP contribution in [0.3, 0.4) is 0 Å². The standard InChI is InChI=1S/C27H32N8O5S2/c1-6-35(7-2)11-10-28-25(38)23-15(3)22(30-16(23)4)13-20-19-12-18(8-9-21(19)32-24(20)37)14-29-42(39,40)27-34-33-26(41-27)31-17(5)36/h8-9,12-14,30H,6-7,10-11H2,1-5H3,(H,28,38)(H,32,37)(H,31,33,36)/b20-13-,29-14+. The lowest BCUT2D eigenvalue weighted by atomic mass is 10.0. The van der Waals surface area contributed by atoms with Gasteiger partial charge in [0.25, 0.3) is 16.2 Å². The smallest absolute Gasteiger partial charge is 0.311 e. The van der Waals surface area contributed by atoms with Gasteiger partial charge in [-0.05, 0) is 56.3 Å². The van der Waals surface area contributed by atoms with E-state index in [0.717, 1.165) is 25.8 Å². The number of hydrogen-bond acceptors (Lipinski definition) is 9. The van der Waals surface area contributed by atoms with E-state index in [4.69, 9.17) is 0 Å². The zero-order valence-electron chi connectivity index (χ0n) is 23.9. The number of aryl methyl sites for hydroxylation is 1. The molecule has 0 aliphatic carbocycles. The van der Waals surface area contributed by atoms with Crippen molar-refractivity contribution in [1.82, 2.24) is 25.4 Å². The predicted molar refractivity (Wildman–Crippen MR) is 162 cm³/mol. The first-order valence-electron chi connectivity index (χ1n) is 13.2. The van der Waals surface area contributed by atoms with Gasteiger partial charge in [0.15, 0.2) is 0 Å². The maximum Gasteiger partial charge on any atom is 0.311 e. The van der Waals surface area contributed by atoms with Crippen molar-refractivity contribution < 1.29 is 22.8 Å². The van der Waals surface area contributed by atoms with Gasteiger partial charge in [-0.1, -0.05) is 31.3 Å². The zero-order valence-corrected chi connectivity index (χ0v) is 25.5. The van der Waals surface area contributed by atoms with Crippen molar-refractivity contribution in [3.8, 4) is 0 Å². The van der Waals surface area contributed by atoms with Gasteiger partial charge in [0, 0.05) is 48.9 Å². The van der Waals surface area contributed by atoms with Crippen molar-refractivity contribution in [3.63, 3.8) is 0 Å². The van der Waals surface area contributed by atoms with Gasteiger partial charge in [-0.15, -0.1) is 10.2 Å². The first kappa shape index (κ1) is 30.7. The molecule has 4 rings (SSSR count). The molecule has 1 aliphatic rings. The number of hydrogen-bond donors (Lipinski definition) is 4. The number of nitrogens with one attached hydrogen (secondary N) is 4. The van der Waals surface area contributed by atoms with Gasteiger partial charge in [0.2, 0.25) is 11.0 Å². The quantitative estimate of drug-likeness (QED) is 0.145.